The van der Waals surface area contributed by atoms with E-state index in [9.17, 15) is 4.79 Å². The first-order valence-corrected chi connectivity index (χ1v) is 9.26. The Morgan fingerprint density at radius 1 is 1.16 bits per heavy atom. The summed E-state index contributed by atoms with van der Waals surface area (Å²) in [5.74, 6) is 0.987. The molecule has 2 aromatic rings. The average Bonchev–Trinajstić information content (AvgIpc) is 2.63. The number of amides is 1. The lowest BCUT2D eigenvalue weighted by molar-refractivity contribution is -0.118. The van der Waals surface area contributed by atoms with Crippen molar-refractivity contribution in [3.8, 4) is 5.75 Å². The summed E-state index contributed by atoms with van der Waals surface area (Å²) in [6, 6.07) is 11.4. The summed E-state index contributed by atoms with van der Waals surface area (Å²) in [6.07, 6.45) is 1.81. The number of hydrogen-bond donors (Lipinski definition) is 1. The minimum Gasteiger partial charge on any atom is -0.484 e. The van der Waals surface area contributed by atoms with Gasteiger partial charge in [-0.1, -0.05) is 0 Å². The monoisotopic (exact) mass is 452 g/mol. The highest BCUT2D eigenvalue weighted by molar-refractivity contribution is 14.1. The van der Waals surface area contributed by atoms with Gasteiger partial charge in [0.25, 0.3) is 5.91 Å². The number of nitrogens with one attached hydrogen (secondary N) is 1. The molecule has 3 rings (SSSR count). The third-order valence-electron chi connectivity index (χ3n) is 4.07. The molecule has 1 aliphatic heterocycles. The van der Waals surface area contributed by atoms with Crippen LogP contribution in [0.25, 0.3) is 0 Å². The van der Waals surface area contributed by atoms with Crippen LogP contribution >= 0.6 is 22.6 Å². The first-order valence-electron chi connectivity index (χ1n) is 8.18. The molecule has 0 atom stereocenters. The van der Waals surface area contributed by atoms with Crippen molar-refractivity contribution in [2.45, 2.75) is 0 Å². The van der Waals surface area contributed by atoms with Gasteiger partial charge in [0.05, 0.1) is 11.9 Å². The van der Waals surface area contributed by atoms with Crippen molar-refractivity contribution in [3.05, 3.63) is 46.2 Å². The SMILES string of the molecule is CN1CCN(c2ccc(NC(=O)COc3ccc(I)cc3)nc2)CC1. The van der Waals surface area contributed by atoms with E-state index in [2.05, 4.69) is 49.7 Å². The Balaban J connectivity index is 1.49. The van der Waals surface area contributed by atoms with E-state index in [0.29, 0.717) is 11.6 Å². The maximum absolute atomic E-state index is 12.0. The molecule has 2 heterocycles. The molecule has 0 spiro atoms. The van der Waals surface area contributed by atoms with Gasteiger partial charge in [-0.3, -0.25) is 4.79 Å². The molecule has 6 nitrogen and oxygen atoms in total. The number of nitrogens with zero attached hydrogens (tertiary/aromatic N) is 3. The second-order valence-electron chi connectivity index (χ2n) is 5.98. The quantitative estimate of drug-likeness (QED) is 0.707. The fourth-order valence-electron chi connectivity index (χ4n) is 2.57. The van der Waals surface area contributed by atoms with Crippen LogP contribution in [-0.2, 0) is 4.79 Å². The molecule has 132 valence electrons. The first-order chi connectivity index (χ1) is 12.1. The van der Waals surface area contributed by atoms with Gasteiger partial charge in [0.15, 0.2) is 6.61 Å². The van der Waals surface area contributed by atoms with E-state index in [1.54, 1.807) is 6.20 Å². The Bertz CT molecular complexity index is 698. The van der Waals surface area contributed by atoms with Crippen LogP contribution in [-0.4, -0.2) is 55.6 Å². The average molecular weight is 452 g/mol. The first kappa shape index (κ1) is 17.9. The minimum absolute atomic E-state index is 0.0392. The normalized spacial score (nSPS) is 15.0. The van der Waals surface area contributed by atoms with E-state index in [1.807, 2.05) is 36.4 Å². The lowest BCUT2D eigenvalue weighted by Gasteiger charge is -2.33. The number of carbonyl (C=O) groups is 1. The zero-order chi connectivity index (χ0) is 17.6. The fourth-order valence-corrected chi connectivity index (χ4v) is 2.93. The highest BCUT2D eigenvalue weighted by Gasteiger charge is 2.14. The van der Waals surface area contributed by atoms with E-state index < -0.39 is 0 Å². The molecule has 7 heteroatoms. The summed E-state index contributed by atoms with van der Waals surface area (Å²) >= 11 is 2.22. The Kier molecular flexibility index (Phi) is 6.09. The molecule has 0 bridgehead atoms. The number of carbonyl (C=O) groups excluding carboxylic acids is 1. The van der Waals surface area contributed by atoms with Crippen molar-refractivity contribution in [1.29, 1.82) is 0 Å². The molecule has 1 aliphatic rings. The highest BCUT2D eigenvalue weighted by atomic mass is 127. The smallest absolute Gasteiger partial charge is 0.263 e. The number of rotatable bonds is 5. The largest absolute Gasteiger partial charge is 0.484 e. The lowest BCUT2D eigenvalue weighted by atomic mass is 10.3. The summed E-state index contributed by atoms with van der Waals surface area (Å²) in [7, 11) is 2.13. The number of aromatic nitrogens is 1. The zero-order valence-electron chi connectivity index (χ0n) is 14.1. The zero-order valence-corrected chi connectivity index (χ0v) is 16.3. The Hall–Kier alpha value is -1.87. The van der Waals surface area contributed by atoms with Crippen molar-refractivity contribution < 1.29 is 9.53 Å². The van der Waals surface area contributed by atoms with Crippen molar-refractivity contribution in [2.24, 2.45) is 0 Å². The van der Waals surface area contributed by atoms with Crippen LogP contribution in [0.1, 0.15) is 0 Å². The third-order valence-corrected chi connectivity index (χ3v) is 4.79. The molecule has 1 fully saturated rings. The van der Waals surface area contributed by atoms with E-state index in [0.717, 1.165) is 35.4 Å². The Morgan fingerprint density at radius 2 is 1.88 bits per heavy atom. The molecule has 0 radical (unpaired) electrons. The number of piperazine rings is 1. The van der Waals surface area contributed by atoms with E-state index in [4.69, 9.17) is 4.74 Å². The molecule has 1 N–H and O–H groups in total. The van der Waals surface area contributed by atoms with E-state index >= 15 is 0 Å². The molecule has 1 aromatic carbocycles. The minimum atomic E-state index is -0.224. The van der Waals surface area contributed by atoms with Crippen molar-refractivity contribution in [2.75, 3.05) is 50.1 Å². The number of likely N-dealkylation sites (N-methyl/N-ethyl adjacent to an activating group) is 1. The van der Waals surface area contributed by atoms with Gasteiger partial charge in [0.1, 0.15) is 11.6 Å². The lowest BCUT2D eigenvalue weighted by Crippen LogP contribution is -2.44. The Labute approximate surface area is 161 Å². The van der Waals surface area contributed by atoms with Gasteiger partial charge in [-0.25, -0.2) is 4.98 Å². The number of anilines is 2. The predicted molar refractivity (Wildman–Crippen MR) is 107 cm³/mol. The van der Waals surface area contributed by atoms with Crippen LogP contribution < -0.4 is 15.0 Å². The number of ether oxygens (including phenoxy) is 1. The van der Waals surface area contributed by atoms with Crippen molar-refractivity contribution in [3.63, 3.8) is 0 Å². The van der Waals surface area contributed by atoms with Gasteiger partial charge in [-0.05, 0) is 66.0 Å². The molecule has 1 aromatic heterocycles. The van der Waals surface area contributed by atoms with Gasteiger partial charge in [0, 0.05) is 29.7 Å². The van der Waals surface area contributed by atoms with Gasteiger partial charge >= 0.3 is 0 Å². The van der Waals surface area contributed by atoms with Gasteiger partial charge in [-0.15, -0.1) is 0 Å². The van der Waals surface area contributed by atoms with Crippen LogP contribution in [0, 0.1) is 3.57 Å². The summed E-state index contributed by atoms with van der Waals surface area (Å²) in [4.78, 5) is 20.9. The molecule has 1 saturated heterocycles. The molecule has 0 unspecified atom stereocenters. The molecule has 1 amide bonds. The second kappa shape index (κ2) is 8.48. The molecule has 25 heavy (non-hydrogen) atoms. The third kappa shape index (κ3) is 5.30. The summed E-state index contributed by atoms with van der Waals surface area (Å²) in [5.41, 5.74) is 1.08. The predicted octanol–water partition coefficient (Wildman–Crippen LogP) is 2.46. The standard InChI is InChI=1S/C18H21IN4O2/c1-22-8-10-23(11-9-22)15-4-7-17(20-12-15)21-18(24)13-25-16-5-2-14(19)3-6-16/h2-7,12H,8-11,13H2,1H3,(H,20,21,24). The van der Waals surface area contributed by atoms with E-state index in [-0.39, 0.29) is 12.5 Å². The van der Waals surface area contributed by atoms with Crippen LogP contribution in [0.5, 0.6) is 5.75 Å². The van der Waals surface area contributed by atoms with Gasteiger partial charge in [-0.2, -0.15) is 0 Å². The second-order valence-corrected chi connectivity index (χ2v) is 7.23. The van der Waals surface area contributed by atoms with Crippen LogP contribution in [0.4, 0.5) is 11.5 Å². The number of benzene rings is 1. The molecule has 0 saturated carbocycles. The fraction of sp³-hybridized carbons (Fsp3) is 0.333. The summed E-state index contributed by atoms with van der Waals surface area (Å²) in [6.45, 7) is 4.05. The topological polar surface area (TPSA) is 57.7 Å². The number of halogens is 1. The molecule has 0 aliphatic carbocycles. The molecular weight excluding hydrogens is 431 g/mol. The van der Waals surface area contributed by atoms with Gasteiger partial charge < -0.3 is 19.9 Å². The maximum Gasteiger partial charge on any atom is 0.263 e. The number of pyridine rings is 1. The highest BCUT2D eigenvalue weighted by Crippen LogP contribution is 2.17. The summed E-state index contributed by atoms with van der Waals surface area (Å²) < 4.78 is 6.59. The Morgan fingerprint density at radius 3 is 2.52 bits per heavy atom. The maximum atomic E-state index is 12.0. The van der Waals surface area contributed by atoms with Crippen molar-refractivity contribution in [1.82, 2.24) is 9.88 Å². The van der Waals surface area contributed by atoms with Crippen LogP contribution in [0.3, 0.4) is 0 Å². The van der Waals surface area contributed by atoms with Crippen LogP contribution in [0.15, 0.2) is 42.6 Å². The van der Waals surface area contributed by atoms with Gasteiger partial charge in [0.2, 0.25) is 0 Å². The van der Waals surface area contributed by atoms with E-state index in [1.165, 1.54) is 0 Å². The summed E-state index contributed by atoms with van der Waals surface area (Å²) in [5, 5.41) is 2.76. The van der Waals surface area contributed by atoms with Crippen LogP contribution in [0.2, 0.25) is 0 Å². The molecular formula is C18H21IN4O2. The van der Waals surface area contributed by atoms with Crippen molar-refractivity contribution >= 4 is 40.0 Å². The number of hydrogen-bond acceptors (Lipinski definition) is 5.